The molecule has 2 rings (SSSR count). The zero-order valence-corrected chi connectivity index (χ0v) is 14.5. The minimum Gasteiger partial charge on any atom is -0.379 e. The van der Waals surface area contributed by atoms with Crippen molar-refractivity contribution >= 4 is 17.5 Å². The molecule has 0 aromatic heterocycles. The molecule has 1 aliphatic heterocycles. The summed E-state index contributed by atoms with van der Waals surface area (Å²) in [6.45, 7) is 6.28. The average Bonchev–Trinajstić information content (AvgIpc) is 2.62. The molecule has 1 aliphatic rings. The maximum atomic E-state index is 12.8. The van der Waals surface area contributed by atoms with Crippen molar-refractivity contribution in [1.29, 1.82) is 5.26 Å². The second-order valence-electron chi connectivity index (χ2n) is 5.92. The van der Waals surface area contributed by atoms with Gasteiger partial charge in [-0.2, -0.15) is 5.26 Å². The van der Waals surface area contributed by atoms with Gasteiger partial charge in [-0.3, -0.25) is 14.5 Å². The maximum absolute atomic E-state index is 12.8. The molecular weight excluding hydrogens is 320 g/mol. The van der Waals surface area contributed by atoms with Gasteiger partial charge in [0.05, 0.1) is 25.7 Å². The highest BCUT2D eigenvalue weighted by Gasteiger charge is 2.18. The molecule has 0 radical (unpaired) electrons. The number of anilines is 1. The molecule has 1 fully saturated rings. The van der Waals surface area contributed by atoms with Crippen LogP contribution >= 0.6 is 0 Å². The molecule has 0 aliphatic carbocycles. The Hall–Kier alpha value is -2.43. The van der Waals surface area contributed by atoms with E-state index in [-0.39, 0.29) is 11.8 Å². The van der Waals surface area contributed by atoms with Crippen LogP contribution in [0.15, 0.2) is 24.3 Å². The smallest absolute Gasteiger partial charge is 0.254 e. The first-order valence-corrected chi connectivity index (χ1v) is 8.44. The Labute approximate surface area is 148 Å². The minimum atomic E-state index is -0.182. The number of benzene rings is 1. The number of ether oxygens (including phenoxy) is 1. The third kappa shape index (κ3) is 6.18. The van der Waals surface area contributed by atoms with E-state index in [2.05, 4.69) is 16.3 Å². The molecule has 134 valence electrons. The van der Waals surface area contributed by atoms with Crippen LogP contribution in [0.25, 0.3) is 0 Å². The van der Waals surface area contributed by atoms with E-state index in [1.54, 1.807) is 29.2 Å². The fourth-order valence-electron chi connectivity index (χ4n) is 2.70. The Morgan fingerprint density at radius 3 is 2.76 bits per heavy atom. The SMILES string of the molecule is CC(=O)Nc1cccc(C(=O)N(CCC#N)CCN2CCOCC2)c1. The van der Waals surface area contributed by atoms with Crippen molar-refractivity contribution in [1.82, 2.24) is 9.80 Å². The van der Waals surface area contributed by atoms with Gasteiger partial charge >= 0.3 is 0 Å². The molecule has 2 amide bonds. The largest absolute Gasteiger partial charge is 0.379 e. The third-order valence-electron chi connectivity index (χ3n) is 4.00. The lowest BCUT2D eigenvalue weighted by Gasteiger charge is -2.30. The summed E-state index contributed by atoms with van der Waals surface area (Å²) >= 11 is 0. The molecule has 0 atom stereocenters. The molecule has 1 saturated heterocycles. The predicted molar refractivity (Wildman–Crippen MR) is 94.1 cm³/mol. The fraction of sp³-hybridized carbons (Fsp3) is 0.500. The Morgan fingerprint density at radius 2 is 2.08 bits per heavy atom. The van der Waals surface area contributed by atoms with Gasteiger partial charge in [-0.05, 0) is 18.2 Å². The van der Waals surface area contributed by atoms with Crippen LogP contribution in [-0.2, 0) is 9.53 Å². The lowest BCUT2D eigenvalue weighted by Crippen LogP contribution is -2.43. The molecule has 1 N–H and O–H groups in total. The molecule has 0 spiro atoms. The van der Waals surface area contributed by atoms with Gasteiger partial charge in [0.15, 0.2) is 0 Å². The molecule has 0 unspecified atom stereocenters. The van der Waals surface area contributed by atoms with Gasteiger partial charge in [0.1, 0.15) is 0 Å². The van der Waals surface area contributed by atoms with Crippen molar-refractivity contribution in [2.75, 3.05) is 51.3 Å². The second kappa shape index (κ2) is 9.77. The van der Waals surface area contributed by atoms with Crippen molar-refractivity contribution in [2.24, 2.45) is 0 Å². The number of carbonyl (C=O) groups excluding carboxylic acids is 2. The zero-order valence-electron chi connectivity index (χ0n) is 14.5. The van der Waals surface area contributed by atoms with Crippen LogP contribution in [0.2, 0.25) is 0 Å². The Morgan fingerprint density at radius 1 is 1.32 bits per heavy atom. The standard InChI is InChI=1S/C18H24N4O3/c1-15(23)20-17-5-2-4-16(14-17)18(24)22(7-3-6-19)9-8-21-10-12-25-13-11-21/h2,4-5,14H,3,7-13H2,1H3,(H,20,23). The first-order chi connectivity index (χ1) is 12.1. The number of nitrogens with one attached hydrogen (secondary N) is 1. The van der Waals surface area contributed by atoms with Crippen molar-refractivity contribution < 1.29 is 14.3 Å². The van der Waals surface area contributed by atoms with Gasteiger partial charge in [-0.25, -0.2) is 0 Å². The predicted octanol–water partition coefficient (Wildman–Crippen LogP) is 1.33. The summed E-state index contributed by atoms with van der Waals surface area (Å²) in [7, 11) is 0. The summed E-state index contributed by atoms with van der Waals surface area (Å²) in [4.78, 5) is 28.0. The number of amides is 2. The Kier molecular flexibility index (Phi) is 7.38. The molecule has 7 heteroatoms. The van der Waals surface area contributed by atoms with E-state index in [0.29, 0.717) is 44.0 Å². The van der Waals surface area contributed by atoms with E-state index in [9.17, 15) is 9.59 Å². The number of hydrogen-bond donors (Lipinski definition) is 1. The van der Waals surface area contributed by atoms with E-state index < -0.39 is 0 Å². The van der Waals surface area contributed by atoms with Crippen LogP contribution < -0.4 is 5.32 Å². The molecule has 7 nitrogen and oxygen atoms in total. The topological polar surface area (TPSA) is 85.7 Å². The van der Waals surface area contributed by atoms with Gasteiger partial charge in [0.2, 0.25) is 5.91 Å². The first kappa shape index (κ1) is 18.9. The minimum absolute atomic E-state index is 0.129. The summed E-state index contributed by atoms with van der Waals surface area (Å²) in [5, 5.41) is 11.5. The van der Waals surface area contributed by atoms with Crippen molar-refractivity contribution in [3.05, 3.63) is 29.8 Å². The number of nitriles is 1. The molecule has 0 bridgehead atoms. The normalized spacial score (nSPS) is 14.6. The lowest BCUT2D eigenvalue weighted by molar-refractivity contribution is -0.114. The van der Waals surface area contributed by atoms with Crippen LogP contribution in [0.5, 0.6) is 0 Å². The fourth-order valence-corrected chi connectivity index (χ4v) is 2.70. The Bertz CT molecular complexity index is 635. The van der Waals surface area contributed by atoms with Crippen LogP contribution in [-0.4, -0.2) is 67.6 Å². The quantitative estimate of drug-likeness (QED) is 0.806. The second-order valence-corrected chi connectivity index (χ2v) is 5.92. The number of rotatable bonds is 7. The van der Waals surface area contributed by atoms with E-state index in [4.69, 9.17) is 10.00 Å². The lowest BCUT2D eigenvalue weighted by atomic mass is 10.1. The van der Waals surface area contributed by atoms with E-state index in [1.807, 2.05) is 0 Å². The third-order valence-corrected chi connectivity index (χ3v) is 4.00. The average molecular weight is 344 g/mol. The monoisotopic (exact) mass is 344 g/mol. The van der Waals surface area contributed by atoms with Gasteiger partial charge < -0.3 is 15.0 Å². The highest BCUT2D eigenvalue weighted by molar-refractivity contribution is 5.96. The summed E-state index contributed by atoms with van der Waals surface area (Å²) < 4.78 is 5.33. The van der Waals surface area contributed by atoms with Crippen LogP contribution in [0.4, 0.5) is 5.69 Å². The maximum Gasteiger partial charge on any atom is 0.254 e. The summed E-state index contributed by atoms with van der Waals surface area (Å²) in [5.41, 5.74) is 1.10. The number of morpholine rings is 1. The van der Waals surface area contributed by atoms with Crippen LogP contribution in [0.1, 0.15) is 23.7 Å². The Balaban J connectivity index is 2.03. The molecule has 1 aromatic carbocycles. The summed E-state index contributed by atoms with van der Waals surface area (Å²) in [5.74, 6) is -0.311. The molecule has 1 heterocycles. The summed E-state index contributed by atoms with van der Waals surface area (Å²) in [6, 6.07) is 8.96. The molecule has 0 saturated carbocycles. The van der Waals surface area contributed by atoms with E-state index in [0.717, 1.165) is 19.6 Å². The van der Waals surface area contributed by atoms with Crippen molar-refractivity contribution in [3.8, 4) is 6.07 Å². The van der Waals surface area contributed by atoms with Crippen LogP contribution in [0.3, 0.4) is 0 Å². The van der Waals surface area contributed by atoms with Crippen molar-refractivity contribution in [3.63, 3.8) is 0 Å². The van der Waals surface area contributed by atoms with E-state index in [1.165, 1.54) is 6.92 Å². The van der Waals surface area contributed by atoms with Crippen LogP contribution in [0, 0.1) is 11.3 Å². The van der Waals surface area contributed by atoms with Gasteiger partial charge in [0, 0.05) is 50.9 Å². The highest BCUT2D eigenvalue weighted by Crippen LogP contribution is 2.13. The van der Waals surface area contributed by atoms with Gasteiger partial charge in [-0.15, -0.1) is 0 Å². The highest BCUT2D eigenvalue weighted by atomic mass is 16.5. The number of nitrogens with zero attached hydrogens (tertiary/aromatic N) is 3. The molecule has 1 aromatic rings. The van der Waals surface area contributed by atoms with Crippen molar-refractivity contribution in [2.45, 2.75) is 13.3 Å². The first-order valence-electron chi connectivity index (χ1n) is 8.44. The molecular formula is C18H24N4O3. The summed E-state index contributed by atoms with van der Waals surface area (Å²) in [6.07, 6.45) is 0.292. The van der Waals surface area contributed by atoms with Gasteiger partial charge in [-0.1, -0.05) is 6.07 Å². The molecule has 25 heavy (non-hydrogen) atoms. The van der Waals surface area contributed by atoms with E-state index >= 15 is 0 Å². The van der Waals surface area contributed by atoms with Gasteiger partial charge in [0.25, 0.3) is 5.91 Å². The number of carbonyl (C=O) groups is 2. The number of hydrogen-bond acceptors (Lipinski definition) is 5. The zero-order chi connectivity index (χ0) is 18.1.